The molecule has 0 fully saturated rings. The molecule has 0 radical (unpaired) electrons. The number of carbonyl (C=O) groups is 2. The highest BCUT2D eigenvalue weighted by Crippen LogP contribution is 2.19. The lowest BCUT2D eigenvalue weighted by Gasteiger charge is -2.06. The van der Waals surface area contributed by atoms with Crippen LogP contribution in [0.2, 0.25) is 0 Å². The summed E-state index contributed by atoms with van der Waals surface area (Å²) >= 11 is 1.23. The minimum Gasteiger partial charge on any atom is -0.497 e. The number of rotatable bonds is 7. The molecule has 0 saturated heterocycles. The quantitative estimate of drug-likeness (QED) is 0.622. The summed E-state index contributed by atoms with van der Waals surface area (Å²) in [6.07, 6.45) is 3.18. The van der Waals surface area contributed by atoms with Crippen molar-refractivity contribution in [3.8, 4) is 16.6 Å². The van der Waals surface area contributed by atoms with E-state index in [1.807, 2.05) is 12.1 Å². The minimum atomic E-state index is -0.673. The van der Waals surface area contributed by atoms with E-state index in [1.165, 1.54) is 11.3 Å². The maximum absolute atomic E-state index is 12.0. The Kier molecular flexibility index (Phi) is 6.06. The SMILES string of the molecule is COc1ccc(CNC(=O)COC(=O)c2csc(-c3ncccn3)n2)cc1. The van der Waals surface area contributed by atoms with Gasteiger partial charge in [0.1, 0.15) is 5.75 Å². The summed E-state index contributed by atoms with van der Waals surface area (Å²) in [4.78, 5) is 36.2. The first-order chi connectivity index (χ1) is 13.2. The molecule has 0 unspecified atom stereocenters. The van der Waals surface area contributed by atoms with Crippen LogP contribution in [-0.4, -0.2) is 40.5 Å². The van der Waals surface area contributed by atoms with Gasteiger partial charge < -0.3 is 14.8 Å². The lowest BCUT2D eigenvalue weighted by molar-refractivity contribution is -0.124. The van der Waals surface area contributed by atoms with Crippen LogP contribution >= 0.6 is 11.3 Å². The molecule has 1 N–H and O–H groups in total. The molecule has 3 aromatic rings. The summed E-state index contributed by atoms with van der Waals surface area (Å²) in [7, 11) is 1.59. The number of esters is 1. The number of carbonyl (C=O) groups excluding carboxylic acids is 2. The molecule has 0 aliphatic heterocycles. The van der Waals surface area contributed by atoms with Crippen molar-refractivity contribution in [2.75, 3.05) is 13.7 Å². The van der Waals surface area contributed by atoms with Crippen LogP contribution in [0.5, 0.6) is 5.75 Å². The number of thiazole rings is 1. The van der Waals surface area contributed by atoms with Crippen LogP contribution in [0.15, 0.2) is 48.1 Å². The van der Waals surface area contributed by atoms with Gasteiger partial charge in [-0.05, 0) is 23.8 Å². The van der Waals surface area contributed by atoms with Crippen LogP contribution in [-0.2, 0) is 16.1 Å². The molecule has 0 aliphatic carbocycles. The number of methoxy groups -OCH3 is 1. The van der Waals surface area contributed by atoms with Gasteiger partial charge in [0.05, 0.1) is 7.11 Å². The maximum Gasteiger partial charge on any atom is 0.358 e. The summed E-state index contributed by atoms with van der Waals surface area (Å²) in [5.41, 5.74) is 1.02. The van der Waals surface area contributed by atoms with Crippen LogP contribution < -0.4 is 10.1 Å². The smallest absolute Gasteiger partial charge is 0.358 e. The first-order valence-corrected chi connectivity index (χ1v) is 8.83. The molecule has 1 aromatic carbocycles. The van der Waals surface area contributed by atoms with Crippen molar-refractivity contribution in [1.82, 2.24) is 20.3 Å². The summed E-state index contributed by atoms with van der Waals surface area (Å²) in [6.45, 7) is -0.0593. The molecular formula is C18H16N4O4S. The summed E-state index contributed by atoms with van der Waals surface area (Å²) in [5.74, 6) is 0.0929. The Morgan fingerprint density at radius 2 is 1.89 bits per heavy atom. The number of nitrogens with one attached hydrogen (secondary N) is 1. The van der Waals surface area contributed by atoms with E-state index < -0.39 is 11.9 Å². The Morgan fingerprint density at radius 3 is 2.59 bits per heavy atom. The standard InChI is InChI=1S/C18H16N4O4S/c1-25-13-5-3-12(4-6-13)9-21-15(23)10-26-18(24)14-11-27-17(22-14)16-19-7-2-8-20-16/h2-8,11H,9-10H2,1H3,(H,21,23). The second-order valence-electron chi connectivity index (χ2n) is 5.31. The molecule has 0 atom stereocenters. The van der Waals surface area contributed by atoms with Gasteiger partial charge in [-0.15, -0.1) is 11.3 Å². The van der Waals surface area contributed by atoms with Crippen molar-refractivity contribution in [2.45, 2.75) is 6.54 Å². The maximum atomic E-state index is 12.0. The average molecular weight is 384 g/mol. The molecule has 9 heteroatoms. The molecule has 3 rings (SSSR count). The molecule has 0 saturated carbocycles. The average Bonchev–Trinajstić information content (AvgIpc) is 3.22. The van der Waals surface area contributed by atoms with Crippen LogP contribution in [0, 0.1) is 0 Å². The minimum absolute atomic E-state index is 0.116. The van der Waals surface area contributed by atoms with Gasteiger partial charge in [-0.1, -0.05) is 12.1 Å². The fraction of sp³-hybridized carbons (Fsp3) is 0.167. The molecule has 2 heterocycles. The summed E-state index contributed by atoms with van der Waals surface area (Å²) in [5, 5.41) is 4.73. The van der Waals surface area contributed by atoms with Gasteiger partial charge in [0.25, 0.3) is 5.91 Å². The number of ether oxygens (including phenoxy) is 2. The van der Waals surface area contributed by atoms with Gasteiger partial charge in [-0.3, -0.25) is 4.79 Å². The number of hydrogen-bond donors (Lipinski definition) is 1. The van der Waals surface area contributed by atoms with Crippen molar-refractivity contribution in [2.24, 2.45) is 0 Å². The fourth-order valence-electron chi connectivity index (χ4n) is 2.08. The normalized spacial score (nSPS) is 10.3. The molecule has 0 aliphatic rings. The van der Waals surface area contributed by atoms with E-state index in [-0.39, 0.29) is 12.3 Å². The molecule has 138 valence electrons. The van der Waals surface area contributed by atoms with E-state index in [2.05, 4.69) is 20.3 Å². The van der Waals surface area contributed by atoms with Gasteiger partial charge in [-0.25, -0.2) is 19.7 Å². The van der Waals surface area contributed by atoms with Crippen LogP contribution in [0.4, 0.5) is 0 Å². The number of benzene rings is 1. The molecule has 8 nitrogen and oxygen atoms in total. The monoisotopic (exact) mass is 384 g/mol. The van der Waals surface area contributed by atoms with Crippen LogP contribution in [0.1, 0.15) is 16.1 Å². The largest absolute Gasteiger partial charge is 0.497 e. The number of aromatic nitrogens is 3. The highest BCUT2D eigenvalue weighted by Gasteiger charge is 2.15. The second-order valence-corrected chi connectivity index (χ2v) is 6.17. The zero-order valence-electron chi connectivity index (χ0n) is 14.4. The van der Waals surface area contributed by atoms with Gasteiger partial charge in [0.2, 0.25) is 0 Å². The molecule has 1 amide bonds. The van der Waals surface area contributed by atoms with E-state index in [1.54, 1.807) is 43.1 Å². The first kappa shape index (κ1) is 18.5. The van der Waals surface area contributed by atoms with Crippen molar-refractivity contribution in [3.05, 3.63) is 59.4 Å². The van der Waals surface area contributed by atoms with E-state index in [0.29, 0.717) is 17.4 Å². The predicted octanol–water partition coefficient (Wildman–Crippen LogP) is 2.08. The third kappa shape index (κ3) is 5.08. The predicted molar refractivity (Wildman–Crippen MR) is 98.3 cm³/mol. The zero-order valence-corrected chi connectivity index (χ0v) is 15.2. The van der Waals surface area contributed by atoms with Gasteiger partial charge >= 0.3 is 5.97 Å². The van der Waals surface area contributed by atoms with E-state index in [0.717, 1.165) is 11.3 Å². The number of hydrogen-bond acceptors (Lipinski definition) is 8. The van der Waals surface area contributed by atoms with Crippen molar-refractivity contribution >= 4 is 23.2 Å². The van der Waals surface area contributed by atoms with E-state index in [4.69, 9.17) is 9.47 Å². The van der Waals surface area contributed by atoms with Crippen molar-refractivity contribution in [1.29, 1.82) is 0 Å². The molecule has 27 heavy (non-hydrogen) atoms. The Balaban J connectivity index is 1.47. The number of amides is 1. The van der Waals surface area contributed by atoms with Gasteiger partial charge in [0.15, 0.2) is 23.1 Å². The Labute approximate surface area is 159 Å². The first-order valence-electron chi connectivity index (χ1n) is 7.95. The van der Waals surface area contributed by atoms with Gasteiger partial charge in [-0.2, -0.15) is 0 Å². The highest BCUT2D eigenvalue weighted by molar-refractivity contribution is 7.13. The lowest BCUT2D eigenvalue weighted by atomic mass is 10.2. The second kappa shape index (κ2) is 8.86. The molecular weight excluding hydrogens is 368 g/mol. The van der Waals surface area contributed by atoms with Crippen LogP contribution in [0.25, 0.3) is 10.8 Å². The van der Waals surface area contributed by atoms with E-state index >= 15 is 0 Å². The van der Waals surface area contributed by atoms with Crippen molar-refractivity contribution < 1.29 is 19.1 Å². The van der Waals surface area contributed by atoms with Crippen molar-refractivity contribution in [3.63, 3.8) is 0 Å². The third-order valence-corrected chi connectivity index (χ3v) is 4.29. The fourth-order valence-corrected chi connectivity index (χ4v) is 2.81. The topological polar surface area (TPSA) is 103 Å². The number of nitrogens with zero attached hydrogens (tertiary/aromatic N) is 3. The summed E-state index contributed by atoms with van der Waals surface area (Å²) in [6, 6.07) is 8.98. The van der Waals surface area contributed by atoms with E-state index in [9.17, 15) is 9.59 Å². The Hall–Kier alpha value is -3.33. The lowest BCUT2D eigenvalue weighted by Crippen LogP contribution is -2.28. The molecule has 2 aromatic heterocycles. The zero-order chi connectivity index (χ0) is 19.1. The highest BCUT2D eigenvalue weighted by atomic mass is 32.1. The Bertz CT molecular complexity index is 913. The summed E-state index contributed by atoms with van der Waals surface area (Å²) < 4.78 is 10.1. The molecule has 0 bridgehead atoms. The van der Waals surface area contributed by atoms with Gasteiger partial charge in [0, 0.05) is 24.3 Å². The molecule has 0 spiro atoms. The van der Waals surface area contributed by atoms with Crippen LogP contribution in [0.3, 0.4) is 0 Å². The Morgan fingerprint density at radius 1 is 1.15 bits per heavy atom. The third-order valence-electron chi connectivity index (χ3n) is 3.45.